The molecule has 0 spiro atoms. The molecule has 4 rings (SSSR count). The Balaban J connectivity index is 1.76. The number of benzene rings is 2. The van der Waals surface area contributed by atoms with Gasteiger partial charge < -0.3 is 14.1 Å². The molecule has 3 aromatic rings. The van der Waals surface area contributed by atoms with E-state index in [4.69, 9.17) is 9.15 Å². The van der Waals surface area contributed by atoms with Crippen molar-refractivity contribution >= 4 is 22.9 Å². The largest absolute Gasteiger partial charge is 0.438 e. The van der Waals surface area contributed by atoms with Crippen LogP contribution in [0.1, 0.15) is 12.8 Å². The molecule has 0 radical (unpaired) electrons. The number of hydrogen-bond acceptors (Lipinski definition) is 4. The number of anilines is 1. The lowest BCUT2D eigenvalue weighted by Gasteiger charge is -2.14. The van der Waals surface area contributed by atoms with E-state index in [1.165, 1.54) is 0 Å². The van der Waals surface area contributed by atoms with Gasteiger partial charge in [-0.05, 0) is 31.2 Å². The molecule has 2 heterocycles. The third kappa shape index (κ3) is 1.96. The minimum Gasteiger partial charge on any atom is -0.438 e. The number of aromatic nitrogens is 1. The van der Waals surface area contributed by atoms with Gasteiger partial charge in [-0.3, -0.25) is 0 Å². The van der Waals surface area contributed by atoms with Crippen LogP contribution in [0, 0.1) is 0 Å². The Labute approximate surface area is 122 Å². The van der Waals surface area contributed by atoms with Crippen LogP contribution in [0.25, 0.3) is 17.2 Å². The summed E-state index contributed by atoms with van der Waals surface area (Å²) < 4.78 is 11.6. The zero-order valence-electron chi connectivity index (χ0n) is 11.6. The molecular weight excluding hydrogens is 264 g/mol. The Kier molecular flexibility index (Phi) is 2.67. The normalized spacial score (nSPS) is 15.5. The Bertz CT molecular complexity index is 802. The average Bonchev–Trinajstić information content (AvgIpc) is 3.06. The molecule has 0 N–H and O–H groups in total. The second-order valence-corrected chi connectivity index (χ2v) is 4.82. The highest BCUT2D eigenvalue weighted by Gasteiger charge is 2.25. The van der Waals surface area contributed by atoms with Crippen molar-refractivity contribution in [2.45, 2.75) is 6.92 Å². The van der Waals surface area contributed by atoms with E-state index in [0.29, 0.717) is 5.89 Å². The molecule has 1 aliphatic heterocycles. The van der Waals surface area contributed by atoms with E-state index in [1.54, 1.807) is 0 Å². The van der Waals surface area contributed by atoms with E-state index in [0.717, 1.165) is 35.0 Å². The lowest BCUT2D eigenvalue weighted by Crippen LogP contribution is -2.19. The van der Waals surface area contributed by atoms with E-state index in [-0.39, 0.29) is 0 Å². The molecule has 0 atom stereocenters. The van der Waals surface area contributed by atoms with Crippen LogP contribution in [0.15, 0.2) is 58.8 Å². The van der Waals surface area contributed by atoms with Gasteiger partial charge in [0.25, 0.3) is 0 Å². The van der Waals surface area contributed by atoms with Gasteiger partial charge in [0.05, 0.1) is 11.8 Å². The van der Waals surface area contributed by atoms with Crippen LogP contribution in [-0.4, -0.2) is 11.5 Å². The molecule has 0 saturated heterocycles. The zero-order valence-corrected chi connectivity index (χ0v) is 11.6. The highest BCUT2D eigenvalue weighted by Crippen LogP contribution is 2.38. The fourth-order valence-corrected chi connectivity index (χ4v) is 2.54. The SMILES string of the molecule is CCN1C(=Cc2nc3ccccc3o2)Oc2ccccc21. The van der Waals surface area contributed by atoms with Gasteiger partial charge in [0.2, 0.25) is 11.8 Å². The van der Waals surface area contributed by atoms with E-state index in [9.17, 15) is 0 Å². The van der Waals surface area contributed by atoms with E-state index in [1.807, 2.05) is 54.6 Å². The fourth-order valence-electron chi connectivity index (χ4n) is 2.54. The summed E-state index contributed by atoms with van der Waals surface area (Å²) in [5.74, 6) is 2.16. The molecule has 4 heteroatoms. The summed E-state index contributed by atoms with van der Waals surface area (Å²) >= 11 is 0. The molecule has 0 amide bonds. The molecule has 0 aliphatic carbocycles. The molecule has 0 bridgehead atoms. The molecule has 0 fully saturated rings. The van der Waals surface area contributed by atoms with Gasteiger partial charge >= 0.3 is 0 Å². The molecule has 0 unspecified atom stereocenters. The molecule has 1 aliphatic rings. The van der Waals surface area contributed by atoms with Gasteiger partial charge in [-0.2, -0.15) is 0 Å². The highest BCUT2D eigenvalue weighted by molar-refractivity contribution is 5.75. The van der Waals surface area contributed by atoms with Crippen LogP contribution in [0.2, 0.25) is 0 Å². The maximum atomic E-state index is 5.90. The minimum absolute atomic E-state index is 0.553. The molecule has 2 aromatic carbocycles. The van der Waals surface area contributed by atoms with Crippen molar-refractivity contribution in [3.63, 3.8) is 0 Å². The average molecular weight is 278 g/mol. The standard InChI is InChI=1S/C17H14N2O2/c1-2-19-13-8-4-6-10-15(13)21-17(19)11-16-18-12-7-3-5-9-14(12)20-16/h3-11H,2H2,1H3. The van der Waals surface area contributed by atoms with Crippen molar-refractivity contribution in [1.82, 2.24) is 4.98 Å². The number of rotatable bonds is 2. The van der Waals surface area contributed by atoms with Crippen molar-refractivity contribution in [2.24, 2.45) is 0 Å². The molecule has 104 valence electrons. The maximum Gasteiger partial charge on any atom is 0.225 e. The second kappa shape index (κ2) is 4.66. The number of oxazole rings is 1. The van der Waals surface area contributed by atoms with Crippen molar-refractivity contribution in [1.29, 1.82) is 0 Å². The molecule has 0 saturated carbocycles. The van der Waals surface area contributed by atoms with Crippen molar-refractivity contribution < 1.29 is 9.15 Å². The smallest absolute Gasteiger partial charge is 0.225 e. The number of fused-ring (bicyclic) bond motifs is 2. The summed E-state index contributed by atoms with van der Waals surface area (Å²) in [6.45, 7) is 2.91. The van der Waals surface area contributed by atoms with Gasteiger partial charge in [-0.1, -0.05) is 24.3 Å². The summed E-state index contributed by atoms with van der Waals surface area (Å²) in [6, 6.07) is 15.7. The maximum absolute atomic E-state index is 5.90. The van der Waals surface area contributed by atoms with E-state index < -0.39 is 0 Å². The van der Waals surface area contributed by atoms with Crippen LogP contribution in [0.3, 0.4) is 0 Å². The van der Waals surface area contributed by atoms with Crippen LogP contribution < -0.4 is 9.64 Å². The number of hydrogen-bond donors (Lipinski definition) is 0. The van der Waals surface area contributed by atoms with E-state index in [2.05, 4.69) is 16.8 Å². The Hall–Kier alpha value is -2.75. The predicted molar refractivity (Wildman–Crippen MR) is 82.1 cm³/mol. The van der Waals surface area contributed by atoms with Crippen LogP contribution >= 0.6 is 0 Å². The van der Waals surface area contributed by atoms with Crippen molar-refractivity contribution in [3.05, 3.63) is 60.3 Å². The second-order valence-electron chi connectivity index (χ2n) is 4.82. The Morgan fingerprint density at radius 1 is 1.10 bits per heavy atom. The first-order valence-electron chi connectivity index (χ1n) is 6.97. The zero-order chi connectivity index (χ0) is 14.2. The first-order chi connectivity index (χ1) is 10.3. The van der Waals surface area contributed by atoms with Crippen molar-refractivity contribution in [2.75, 3.05) is 11.4 Å². The summed E-state index contributed by atoms with van der Waals surface area (Å²) in [5, 5.41) is 0. The highest BCUT2D eigenvalue weighted by atomic mass is 16.5. The summed E-state index contributed by atoms with van der Waals surface area (Å²) in [7, 11) is 0. The molecule has 1 aromatic heterocycles. The van der Waals surface area contributed by atoms with Crippen LogP contribution in [0.4, 0.5) is 5.69 Å². The molecular formula is C17H14N2O2. The first-order valence-corrected chi connectivity index (χ1v) is 6.97. The third-order valence-corrected chi connectivity index (χ3v) is 3.51. The fraction of sp³-hybridized carbons (Fsp3) is 0.118. The number of para-hydroxylation sites is 4. The number of ether oxygens (including phenoxy) is 1. The van der Waals surface area contributed by atoms with Crippen LogP contribution in [-0.2, 0) is 0 Å². The Morgan fingerprint density at radius 2 is 1.90 bits per heavy atom. The minimum atomic E-state index is 0.553. The first kappa shape index (κ1) is 12.0. The summed E-state index contributed by atoms with van der Waals surface area (Å²) in [4.78, 5) is 6.56. The van der Waals surface area contributed by atoms with Gasteiger partial charge in [0, 0.05) is 6.54 Å². The number of nitrogens with zero attached hydrogens (tertiary/aromatic N) is 2. The van der Waals surface area contributed by atoms with Gasteiger partial charge in [-0.15, -0.1) is 0 Å². The third-order valence-electron chi connectivity index (χ3n) is 3.51. The van der Waals surface area contributed by atoms with Crippen molar-refractivity contribution in [3.8, 4) is 5.75 Å². The lowest BCUT2D eigenvalue weighted by molar-refractivity contribution is 0.442. The van der Waals surface area contributed by atoms with Gasteiger partial charge in [0.1, 0.15) is 5.52 Å². The monoisotopic (exact) mass is 278 g/mol. The molecule has 21 heavy (non-hydrogen) atoms. The quantitative estimate of drug-likeness (QED) is 0.709. The predicted octanol–water partition coefficient (Wildman–Crippen LogP) is 4.05. The summed E-state index contributed by atoms with van der Waals surface area (Å²) in [5.41, 5.74) is 2.70. The van der Waals surface area contributed by atoms with E-state index >= 15 is 0 Å². The van der Waals surface area contributed by atoms with Gasteiger partial charge in [-0.25, -0.2) is 4.98 Å². The van der Waals surface area contributed by atoms with Gasteiger partial charge in [0.15, 0.2) is 11.3 Å². The van der Waals surface area contributed by atoms with Crippen LogP contribution in [0.5, 0.6) is 5.75 Å². The lowest BCUT2D eigenvalue weighted by atomic mass is 10.3. The summed E-state index contributed by atoms with van der Waals surface area (Å²) in [6.07, 6.45) is 1.84. The Morgan fingerprint density at radius 3 is 2.76 bits per heavy atom. The topological polar surface area (TPSA) is 38.5 Å². The molecule has 4 nitrogen and oxygen atoms in total.